The van der Waals surface area contributed by atoms with E-state index in [1.54, 1.807) is 11.0 Å². The molecule has 0 unspecified atom stereocenters. The Bertz CT molecular complexity index is 844. The van der Waals surface area contributed by atoms with Crippen molar-refractivity contribution >= 4 is 34.9 Å². The molecular weight excluding hydrogens is 340 g/mol. The van der Waals surface area contributed by atoms with Crippen molar-refractivity contribution in [1.82, 2.24) is 0 Å². The molecular formula is C19H17ClN2O3. The molecule has 0 fully saturated rings. The number of anilines is 1. The smallest absolute Gasteiger partial charge is 0.316 e. The van der Waals surface area contributed by atoms with Gasteiger partial charge in [-0.25, -0.2) is 4.79 Å². The highest BCUT2D eigenvalue weighted by molar-refractivity contribution is 6.54. The van der Waals surface area contributed by atoms with Crippen molar-refractivity contribution in [3.63, 3.8) is 0 Å². The molecule has 0 saturated carbocycles. The molecule has 2 aromatic carbocycles. The standard InChI is InChI=1S/C19H17ClN2O3/c1-12-7-9-14(10-8-12)11-22-16-6-4-3-5-15(16)17(18(22)23)21-25-19(24)13(2)20/h3-10,13H,11H2,1-2H3/b21-17+/t13-/m0/s1. The second-order valence-electron chi connectivity index (χ2n) is 5.86. The van der Waals surface area contributed by atoms with Crippen molar-refractivity contribution in [3.8, 4) is 0 Å². The molecule has 0 aliphatic carbocycles. The summed E-state index contributed by atoms with van der Waals surface area (Å²) in [4.78, 5) is 30.7. The zero-order valence-electron chi connectivity index (χ0n) is 13.9. The molecule has 0 radical (unpaired) electrons. The lowest BCUT2D eigenvalue weighted by atomic mass is 10.1. The number of oxime groups is 1. The van der Waals surface area contributed by atoms with Gasteiger partial charge in [0.15, 0.2) is 5.71 Å². The van der Waals surface area contributed by atoms with E-state index in [2.05, 4.69) is 5.16 Å². The lowest BCUT2D eigenvalue weighted by molar-refractivity contribution is -0.142. The fourth-order valence-electron chi connectivity index (χ4n) is 2.55. The van der Waals surface area contributed by atoms with Crippen LogP contribution in [0, 0.1) is 6.92 Å². The lowest BCUT2D eigenvalue weighted by Crippen LogP contribution is -2.30. The predicted molar refractivity (Wildman–Crippen MR) is 96.8 cm³/mol. The Morgan fingerprint density at radius 2 is 1.88 bits per heavy atom. The minimum Gasteiger partial charge on any atom is -0.316 e. The van der Waals surface area contributed by atoms with E-state index in [0.29, 0.717) is 12.1 Å². The van der Waals surface area contributed by atoms with Crippen LogP contribution in [-0.4, -0.2) is 23.0 Å². The zero-order valence-corrected chi connectivity index (χ0v) is 14.7. The molecule has 0 saturated heterocycles. The fourth-order valence-corrected chi connectivity index (χ4v) is 2.59. The number of hydrogen-bond acceptors (Lipinski definition) is 4. The quantitative estimate of drug-likeness (QED) is 0.479. The van der Waals surface area contributed by atoms with Gasteiger partial charge in [0.05, 0.1) is 12.2 Å². The number of hydrogen-bond donors (Lipinski definition) is 0. The summed E-state index contributed by atoms with van der Waals surface area (Å²) in [6.07, 6.45) is 0. The molecule has 0 spiro atoms. The van der Waals surface area contributed by atoms with Crippen LogP contribution in [0.25, 0.3) is 0 Å². The van der Waals surface area contributed by atoms with E-state index >= 15 is 0 Å². The van der Waals surface area contributed by atoms with Crippen molar-refractivity contribution in [2.75, 3.05) is 4.90 Å². The molecule has 1 heterocycles. The van der Waals surface area contributed by atoms with Crippen molar-refractivity contribution < 1.29 is 14.4 Å². The molecule has 3 rings (SSSR count). The van der Waals surface area contributed by atoms with Gasteiger partial charge in [0.1, 0.15) is 5.38 Å². The van der Waals surface area contributed by atoms with Gasteiger partial charge in [0.25, 0.3) is 5.91 Å². The van der Waals surface area contributed by atoms with Gasteiger partial charge in [0.2, 0.25) is 0 Å². The van der Waals surface area contributed by atoms with E-state index < -0.39 is 11.3 Å². The molecule has 6 heteroatoms. The number of alkyl halides is 1. The summed E-state index contributed by atoms with van der Waals surface area (Å²) in [6, 6.07) is 15.2. The van der Waals surface area contributed by atoms with Crippen molar-refractivity contribution in [2.45, 2.75) is 25.8 Å². The monoisotopic (exact) mass is 356 g/mol. The lowest BCUT2D eigenvalue weighted by Gasteiger charge is -2.16. The van der Waals surface area contributed by atoms with E-state index in [-0.39, 0.29) is 11.6 Å². The second kappa shape index (κ2) is 7.07. The van der Waals surface area contributed by atoms with Crippen LogP contribution in [0.4, 0.5) is 5.69 Å². The number of rotatable bonds is 4. The van der Waals surface area contributed by atoms with E-state index in [0.717, 1.165) is 16.8 Å². The number of benzene rings is 2. The molecule has 25 heavy (non-hydrogen) atoms. The molecule has 5 nitrogen and oxygen atoms in total. The summed E-state index contributed by atoms with van der Waals surface area (Å²) in [7, 11) is 0. The fraction of sp³-hybridized carbons (Fsp3) is 0.211. The molecule has 0 N–H and O–H groups in total. The van der Waals surface area contributed by atoms with Crippen LogP contribution in [0.1, 0.15) is 23.6 Å². The number of carbonyl (C=O) groups is 2. The van der Waals surface area contributed by atoms with E-state index in [1.807, 2.05) is 49.4 Å². The molecule has 1 atom stereocenters. The van der Waals surface area contributed by atoms with Gasteiger partial charge in [-0.3, -0.25) is 4.79 Å². The van der Waals surface area contributed by atoms with Gasteiger partial charge < -0.3 is 9.74 Å². The highest BCUT2D eigenvalue weighted by atomic mass is 35.5. The summed E-state index contributed by atoms with van der Waals surface area (Å²) >= 11 is 5.66. The molecule has 128 valence electrons. The highest BCUT2D eigenvalue weighted by Gasteiger charge is 2.34. The predicted octanol–water partition coefficient (Wildman–Crippen LogP) is 3.42. The number of halogens is 1. The first-order chi connectivity index (χ1) is 12.0. The molecule has 1 aliphatic heterocycles. The van der Waals surface area contributed by atoms with Gasteiger partial charge in [-0.2, -0.15) is 0 Å². The average molecular weight is 357 g/mol. The third-order valence-electron chi connectivity index (χ3n) is 3.91. The minimum absolute atomic E-state index is 0.105. The maximum Gasteiger partial charge on any atom is 0.352 e. The number of amides is 1. The summed E-state index contributed by atoms with van der Waals surface area (Å²) in [6.45, 7) is 3.91. The van der Waals surface area contributed by atoms with Crippen molar-refractivity contribution in [1.29, 1.82) is 0 Å². The molecule has 2 aromatic rings. The molecule has 0 aromatic heterocycles. The summed E-state index contributed by atoms with van der Waals surface area (Å²) in [5, 5.41) is 2.93. The minimum atomic E-state index is -0.834. The Balaban J connectivity index is 1.91. The van der Waals surface area contributed by atoms with Crippen molar-refractivity contribution in [2.24, 2.45) is 5.16 Å². The largest absolute Gasteiger partial charge is 0.352 e. The van der Waals surface area contributed by atoms with Crippen molar-refractivity contribution in [3.05, 3.63) is 65.2 Å². The highest BCUT2D eigenvalue weighted by Crippen LogP contribution is 2.30. The van der Waals surface area contributed by atoms with Gasteiger partial charge in [-0.05, 0) is 25.5 Å². The number of carbonyl (C=O) groups excluding carboxylic acids is 2. The van der Waals surface area contributed by atoms with E-state index in [1.165, 1.54) is 6.92 Å². The Morgan fingerprint density at radius 1 is 1.20 bits per heavy atom. The van der Waals surface area contributed by atoms with Crippen LogP contribution in [0.3, 0.4) is 0 Å². The zero-order chi connectivity index (χ0) is 18.0. The maximum atomic E-state index is 12.8. The van der Waals surface area contributed by atoms with Crippen LogP contribution in [-0.2, 0) is 21.0 Å². The molecule has 0 bridgehead atoms. The Kier molecular flexibility index (Phi) is 4.86. The van der Waals surface area contributed by atoms with Crippen LogP contribution >= 0.6 is 11.6 Å². The third kappa shape index (κ3) is 3.56. The van der Waals surface area contributed by atoms with Gasteiger partial charge in [-0.15, -0.1) is 11.6 Å². The SMILES string of the molecule is Cc1ccc(CN2C(=O)/C(=N/OC(=O)[C@H](C)Cl)c3ccccc32)cc1. The summed E-state index contributed by atoms with van der Waals surface area (Å²) < 4.78 is 0. The van der Waals surface area contributed by atoms with Crippen LogP contribution in [0.15, 0.2) is 53.7 Å². The number of aryl methyl sites for hydroxylation is 1. The second-order valence-corrected chi connectivity index (χ2v) is 6.51. The first kappa shape index (κ1) is 17.2. The summed E-state index contributed by atoms with van der Waals surface area (Å²) in [5.74, 6) is -1.01. The van der Waals surface area contributed by atoms with Crippen LogP contribution in [0.5, 0.6) is 0 Å². The number of para-hydroxylation sites is 1. The van der Waals surface area contributed by atoms with Gasteiger partial charge >= 0.3 is 5.97 Å². The number of fused-ring (bicyclic) bond motifs is 1. The topological polar surface area (TPSA) is 59.0 Å². The normalized spacial score (nSPS) is 16.0. The molecule has 1 aliphatic rings. The summed E-state index contributed by atoms with van der Waals surface area (Å²) in [5.41, 5.74) is 3.63. The van der Waals surface area contributed by atoms with Crippen LogP contribution < -0.4 is 4.90 Å². The maximum absolute atomic E-state index is 12.8. The first-order valence-electron chi connectivity index (χ1n) is 7.87. The third-order valence-corrected chi connectivity index (χ3v) is 4.09. The van der Waals surface area contributed by atoms with Crippen LogP contribution in [0.2, 0.25) is 0 Å². The first-order valence-corrected chi connectivity index (χ1v) is 8.30. The average Bonchev–Trinajstić information content (AvgIpc) is 2.86. The Labute approximate surface area is 150 Å². The van der Waals surface area contributed by atoms with Gasteiger partial charge in [-0.1, -0.05) is 53.2 Å². The van der Waals surface area contributed by atoms with E-state index in [4.69, 9.17) is 16.4 Å². The molecule has 1 amide bonds. The Hall–Kier alpha value is -2.66. The van der Waals surface area contributed by atoms with E-state index in [9.17, 15) is 9.59 Å². The Morgan fingerprint density at radius 3 is 2.56 bits per heavy atom. The van der Waals surface area contributed by atoms with Gasteiger partial charge in [0, 0.05) is 5.56 Å². The number of nitrogens with zero attached hydrogens (tertiary/aromatic N) is 2.